The molecular formula is C20H25F2NO2. The predicted molar refractivity (Wildman–Crippen MR) is 90.2 cm³/mol. The van der Waals surface area contributed by atoms with Crippen molar-refractivity contribution < 1.29 is 18.3 Å². The molecule has 4 saturated carbocycles. The molecule has 1 amide bonds. The third-order valence-corrected chi connectivity index (χ3v) is 6.47. The first-order valence-corrected chi connectivity index (χ1v) is 9.29. The van der Waals surface area contributed by atoms with E-state index in [-0.39, 0.29) is 23.1 Å². The van der Waals surface area contributed by atoms with Crippen LogP contribution in [-0.2, 0) is 4.79 Å². The highest BCUT2D eigenvalue weighted by molar-refractivity contribution is 5.83. The molecule has 1 N–H and O–H groups in total. The maximum Gasteiger partial charge on any atom is 0.387 e. The SMILES string of the molecule is CC(NC(=O)C12CC3CC(CC(C3)C1)C2)c1ccc(OC(F)F)cc1. The van der Waals surface area contributed by atoms with E-state index in [4.69, 9.17) is 0 Å². The number of nitrogens with one attached hydrogen (secondary N) is 1. The van der Waals surface area contributed by atoms with E-state index < -0.39 is 6.61 Å². The van der Waals surface area contributed by atoms with Crippen molar-refractivity contribution in [2.75, 3.05) is 0 Å². The Morgan fingerprint density at radius 3 is 2.08 bits per heavy atom. The number of carbonyl (C=O) groups is 1. The second kappa shape index (κ2) is 6.26. The maximum absolute atomic E-state index is 13.1. The van der Waals surface area contributed by atoms with E-state index in [1.54, 1.807) is 12.1 Å². The lowest BCUT2D eigenvalue weighted by molar-refractivity contribution is -0.147. The summed E-state index contributed by atoms with van der Waals surface area (Å²) in [6.45, 7) is -0.874. The van der Waals surface area contributed by atoms with Gasteiger partial charge in [0.1, 0.15) is 5.75 Å². The number of ether oxygens (including phenoxy) is 1. The lowest BCUT2D eigenvalue weighted by atomic mass is 9.49. The van der Waals surface area contributed by atoms with Gasteiger partial charge in [0.2, 0.25) is 5.91 Å². The third-order valence-electron chi connectivity index (χ3n) is 6.47. The van der Waals surface area contributed by atoms with E-state index >= 15 is 0 Å². The number of hydrogen-bond acceptors (Lipinski definition) is 2. The zero-order valence-electron chi connectivity index (χ0n) is 14.5. The van der Waals surface area contributed by atoms with Crippen LogP contribution in [0, 0.1) is 23.2 Å². The number of halogens is 2. The van der Waals surface area contributed by atoms with Crippen LogP contribution in [0.4, 0.5) is 8.78 Å². The average molecular weight is 349 g/mol. The second-order valence-electron chi connectivity index (χ2n) is 8.34. The normalized spacial score (nSPS) is 34.2. The van der Waals surface area contributed by atoms with E-state index in [1.165, 1.54) is 31.4 Å². The Bertz CT molecular complexity index is 608. The topological polar surface area (TPSA) is 38.3 Å². The van der Waals surface area contributed by atoms with E-state index in [9.17, 15) is 13.6 Å². The number of carbonyl (C=O) groups excluding carboxylic acids is 1. The van der Waals surface area contributed by atoms with Gasteiger partial charge in [0.15, 0.2) is 0 Å². The fourth-order valence-electron chi connectivity index (χ4n) is 5.76. The van der Waals surface area contributed by atoms with E-state index in [0.29, 0.717) is 0 Å². The summed E-state index contributed by atoms with van der Waals surface area (Å²) in [7, 11) is 0. The third kappa shape index (κ3) is 3.25. The van der Waals surface area contributed by atoms with Crippen LogP contribution in [0.3, 0.4) is 0 Å². The molecule has 0 aromatic heterocycles. The Morgan fingerprint density at radius 1 is 1.08 bits per heavy atom. The first-order valence-electron chi connectivity index (χ1n) is 9.29. The van der Waals surface area contributed by atoms with E-state index in [1.807, 2.05) is 6.92 Å². The Kier molecular flexibility index (Phi) is 4.20. The number of benzene rings is 1. The van der Waals surface area contributed by atoms with Crippen LogP contribution in [0.15, 0.2) is 24.3 Å². The van der Waals surface area contributed by atoms with Crippen molar-refractivity contribution >= 4 is 5.91 Å². The minimum absolute atomic E-state index is 0.137. The number of alkyl halides is 2. The molecule has 0 spiro atoms. The molecule has 4 aliphatic carbocycles. The van der Waals surface area contributed by atoms with Gasteiger partial charge in [-0.1, -0.05) is 12.1 Å². The molecule has 5 heteroatoms. The zero-order valence-corrected chi connectivity index (χ0v) is 14.5. The maximum atomic E-state index is 13.1. The summed E-state index contributed by atoms with van der Waals surface area (Å²) in [5.41, 5.74) is 0.738. The van der Waals surface area contributed by atoms with Crippen molar-refractivity contribution in [2.24, 2.45) is 23.2 Å². The molecule has 5 rings (SSSR count). The molecular weight excluding hydrogens is 324 g/mol. The molecule has 0 radical (unpaired) electrons. The second-order valence-corrected chi connectivity index (χ2v) is 8.34. The molecule has 0 heterocycles. The largest absolute Gasteiger partial charge is 0.435 e. The predicted octanol–water partition coefficient (Wildman–Crippen LogP) is 4.68. The Hall–Kier alpha value is -1.65. The fourth-order valence-corrected chi connectivity index (χ4v) is 5.76. The fraction of sp³-hybridized carbons (Fsp3) is 0.650. The van der Waals surface area contributed by atoms with E-state index in [0.717, 1.165) is 42.6 Å². The van der Waals surface area contributed by atoms with Crippen LogP contribution in [0.1, 0.15) is 57.1 Å². The van der Waals surface area contributed by atoms with Gasteiger partial charge < -0.3 is 10.1 Å². The van der Waals surface area contributed by atoms with Crippen LogP contribution in [-0.4, -0.2) is 12.5 Å². The molecule has 0 aliphatic heterocycles. The van der Waals surface area contributed by atoms with Crippen molar-refractivity contribution in [3.63, 3.8) is 0 Å². The highest BCUT2D eigenvalue weighted by Crippen LogP contribution is 2.60. The van der Waals surface area contributed by atoms with Crippen LogP contribution in [0.5, 0.6) is 5.75 Å². The van der Waals surface area contributed by atoms with Crippen molar-refractivity contribution in [3.05, 3.63) is 29.8 Å². The van der Waals surface area contributed by atoms with Crippen molar-refractivity contribution in [1.29, 1.82) is 0 Å². The number of rotatable bonds is 5. The molecule has 4 aliphatic rings. The molecule has 4 bridgehead atoms. The number of amides is 1. The van der Waals surface area contributed by atoms with Gasteiger partial charge in [0.05, 0.1) is 6.04 Å². The van der Waals surface area contributed by atoms with Crippen molar-refractivity contribution in [2.45, 2.75) is 58.1 Å². The molecule has 1 aromatic rings. The minimum atomic E-state index is -2.82. The Morgan fingerprint density at radius 2 is 1.60 bits per heavy atom. The summed E-state index contributed by atoms with van der Waals surface area (Å²) in [6.07, 6.45) is 7.06. The highest BCUT2D eigenvalue weighted by atomic mass is 19.3. The van der Waals surface area contributed by atoms with Gasteiger partial charge in [0, 0.05) is 5.41 Å². The van der Waals surface area contributed by atoms with Gasteiger partial charge in [-0.3, -0.25) is 4.79 Å². The summed E-state index contributed by atoms with van der Waals surface area (Å²) in [6, 6.07) is 6.38. The van der Waals surface area contributed by atoms with Crippen molar-refractivity contribution in [3.8, 4) is 5.75 Å². The lowest BCUT2D eigenvalue weighted by Crippen LogP contribution is -2.53. The number of hydrogen-bond donors (Lipinski definition) is 1. The quantitative estimate of drug-likeness (QED) is 0.838. The van der Waals surface area contributed by atoms with Crippen LogP contribution in [0.2, 0.25) is 0 Å². The highest BCUT2D eigenvalue weighted by Gasteiger charge is 2.54. The molecule has 1 aromatic carbocycles. The van der Waals surface area contributed by atoms with Crippen LogP contribution < -0.4 is 10.1 Å². The summed E-state index contributed by atoms with van der Waals surface area (Å²) < 4.78 is 28.8. The molecule has 136 valence electrons. The van der Waals surface area contributed by atoms with Gasteiger partial charge >= 0.3 is 6.61 Å². The van der Waals surface area contributed by atoms with Gasteiger partial charge in [0.25, 0.3) is 0 Å². The van der Waals surface area contributed by atoms with Gasteiger partial charge in [-0.2, -0.15) is 8.78 Å². The van der Waals surface area contributed by atoms with Gasteiger partial charge in [-0.25, -0.2) is 0 Å². The molecule has 25 heavy (non-hydrogen) atoms. The molecule has 1 unspecified atom stereocenters. The van der Waals surface area contributed by atoms with Crippen LogP contribution >= 0.6 is 0 Å². The average Bonchev–Trinajstić information content (AvgIpc) is 2.53. The Balaban J connectivity index is 1.42. The monoisotopic (exact) mass is 349 g/mol. The zero-order chi connectivity index (χ0) is 17.6. The first-order chi connectivity index (χ1) is 11.9. The minimum Gasteiger partial charge on any atom is -0.435 e. The standard InChI is InChI=1S/C20H25F2NO2/c1-12(16-2-4-17(5-3-16)25-19(21)22)23-18(24)20-9-13-6-14(10-20)8-15(7-13)11-20/h2-5,12-15,19H,6-11H2,1H3,(H,23,24). The van der Waals surface area contributed by atoms with Crippen LogP contribution in [0.25, 0.3) is 0 Å². The summed E-state index contributed by atoms with van der Waals surface area (Å²) >= 11 is 0. The summed E-state index contributed by atoms with van der Waals surface area (Å²) in [5.74, 6) is 2.53. The molecule has 0 saturated heterocycles. The molecule has 4 fully saturated rings. The Labute approximate surface area is 147 Å². The first kappa shape index (κ1) is 16.8. The van der Waals surface area contributed by atoms with E-state index in [2.05, 4.69) is 10.1 Å². The lowest BCUT2D eigenvalue weighted by Gasteiger charge is -2.55. The smallest absolute Gasteiger partial charge is 0.387 e. The summed E-state index contributed by atoms with van der Waals surface area (Å²) in [4.78, 5) is 13.1. The van der Waals surface area contributed by atoms with Crippen molar-refractivity contribution in [1.82, 2.24) is 5.32 Å². The molecule has 1 atom stereocenters. The summed E-state index contributed by atoms with van der Waals surface area (Å²) in [5, 5.41) is 3.19. The van der Waals surface area contributed by atoms with Gasteiger partial charge in [-0.05, 0) is 80.9 Å². The van der Waals surface area contributed by atoms with Gasteiger partial charge in [-0.15, -0.1) is 0 Å². The molecule has 3 nitrogen and oxygen atoms in total.